The summed E-state index contributed by atoms with van der Waals surface area (Å²) in [5.74, 6) is 5.25. The second-order valence-corrected chi connectivity index (χ2v) is 25.3. The third-order valence-corrected chi connectivity index (χ3v) is 15.9. The summed E-state index contributed by atoms with van der Waals surface area (Å²) in [6.45, 7) is 23.3. The van der Waals surface area contributed by atoms with Crippen LogP contribution in [-0.4, -0.2) is 167 Å². The van der Waals surface area contributed by atoms with Gasteiger partial charge in [0, 0.05) is 112 Å². The number of carbonyl (C=O) groups is 3. The van der Waals surface area contributed by atoms with Gasteiger partial charge in [-0.15, -0.1) is 12.8 Å². The number of piperidine rings is 2. The van der Waals surface area contributed by atoms with Crippen LogP contribution < -0.4 is 22.5 Å². The molecule has 0 aliphatic carbocycles. The van der Waals surface area contributed by atoms with Crippen LogP contribution in [0.3, 0.4) is 0 Å². The normalized spacial score (nSPS) is 21.7. The Morgan fingerprint density at radius 2 is 1.09 bits per heavy atom. The van der Waals surface area contributed by atoms with E-state index in [2.05, 4.69) is 31.6 Å². The van der Waals surface area contributed by atoms with E-state index in [1.807, 2.05) is 114 Å². The van der Waals surface area contributed by atoms with Crippen molar-refractivity contribution in [2.75, 3.05) is 52.5 Å². The molecule has 8 rings (SSSR count). The maximum atomic E-state index is 13.1. The van der Waals surface area contributed by atoms with Crippen LogP contribution in [0.5, 0.6) is 0 Å². The summed E-state index contributed by atoms with van der Waals surface area (Å²) < 4.78 is 36.7. The molecule has 2 aromatic heterocycles. The Morgan fingerprint density at radius 1 is 0.656 bits per heavy atom. The molecule has 2 aromatic carbocycles. The lowest BCUT2D eigenvalue weighted by Crippen LogP contribution is -2.51. The lowest BCUT2D eigenvalue weighted by Gasteiger charge is -2.39. The number of aromatic amines is 2. The van der Waals surface area contributed by atoms with Crippen molar-refractivity contribution in [2.24, 2.45) is 0 Å². The van der Waals surface area contributed by atoms with Gasteiger partial charge in [-0.25, -0.2) is 24.0 Å². The molecular weight excluding hydrogens is 1160 g/mol. The standard InChI is InChI=1S/C34H46N4O8.C22H32N2O3.C11H16N2O4/c1-7-24-12-14-25(15-13-24)21-36(22-26-11-9-10-16-37(26)32(41)46-34(4,5)6)17-18-43-33(42)45-28-19-29(44-27(28)8-2)38-20-23(3)30(39)35-31(38)40;1-5-18-9-11-19(12-10-18)16-23(14-15-25)17-20-8-6-7-13-24(20)21(26)27-22(2,3)4;1-3-8-7(14)4-9(17-8)13-5-6(2)10(15)12-11(13)16/h1,12-15,20,26-29H,8-11,16-19,21-22H2,2-6H3,(H,35,39,40);1,9-12,20,25H,6-8,13-17H2,2-4H3;5,7-9,14H,3-4H2,1-2H3,(H,12,15,16)/t26?,27-,28?,29-;;7?,8-,9-/m1.1/s1. The van der Waals surface area contributed by atoms with Crippen molar-refractivity contribution < 1.29 is 53.0 Å². The fourth-order valence-electron chi connectivity index (χ4n) is 11.3. The fraction of sp³-hybridized carbons (Fsp3) is 0.597. The zero-order valence-corrected chi connectivity index (χ0v) is 54.1. The Labute approximate surface area is 527 Å². The second-order valence-electron chi connectivity index (χ2n) is 25.3. The smallest absolute Gasteiger partial charge is 0.444 e. The van der Waals surface area contributed by atoms with E-state index in [9.17, 15) is 43.8 Å². The lowest BCUT2D eigenvalue weighted by atomic mass is 10.0. The predicted molar refractivity (Wildman–Crippen MR) is 340 cm³/mol. The van der Waals surface area contributed by atoms with Crippen LogP contribution in [0, 0.1) is 38.5 Å². The van der Waals surface area contributed by atoms with E-state index >= 15 is 0 Å². The van der Waals surface area contributed by atoms with E-state index in [1.165, 1.54) is 21.5 Å². The molecular formula is C67H94N8O15. The van der Waals surface area contributed by atoms with Gasteiger partial charge in [0.2, 0.25) is 0 Å². The van der Waals surface area contributed by atoms with Crippen molar-refractivity contribution in [3.8, 4) is 24.7 Å². The number of amides is 2. The van der Waals surface area contributed by atoms with Crippen LogP contribution in [-0.2, 0) is 41.5 Å². The van der Waals surface area contributed by atoms with E-state index in [0.29, 0.717) is 69.7 Å². The van der Waals surface area contributed by atoms with Crippen LogP contribution in [0.15, 0.2) is 80.1 Å². The van der Waals surface area contributed by atoms with Gasteiger partial charge in [0.1, 0.15) is 36.4 Å². The highest BCUT2D eigenvalue weighted by Gasteiger charge is 2.40. The number of H-pyrrole nitrogens is 2. The summed E-state index contributed by atoms with van der Waals surface area (Å²) in [5.41, 5.74) is 1.61. The third kappa shape index (κ3) is 21.6. The summed E-state index contributed by atoms with van der Waals surface area (Å²) in [6, 6.07) is 15.7. The zero-order chi connectivity index (χ0) is 65.9. The lowest BCUT2D eigenvalue weighted by molar-refractivity contribution is -0.0386. The minimum absolute atomic E-state index is 0.0571. The molecule has 0 saturated carbocycles. The number of terminal acetylenes is 2. The molecule has 4 aliphatic rings. The van der Waals surface area contributed by atoms with E-state index < -0.39 is 70.6 Å². The maximum Gasteiger partial charge on any atom is 0.508 e. The van der Waals surface area contributed by atoms with Crippen LogP contribution in [0.2, 0.25) is 0 Å². The Morgan fingerprint density at radius 3 is 1.50 bits per heavy atom. The number of hydrogen-bond donors (Lipinski definition) is 4. The Kier molecular flexibility index (Phi) is 26.7. The number of aryl methyl sites for hydroxylation is 2. The van der Waals surface area contributed by atoms with Gasteiger partial charge >= 0.3 is 29.7 Å². The summed E-state index contributed by atoms with van der Waals surface area (Å²) in [5, 5.41) is 19.2. The molecule has 23 nitrogen and oxygen atoms in total. The van der Waals surface area contributed by atoms with Gasteiger partial charge in [0.15, 0.2) is 0 Å². The Bertz CT molecular complexity index is 3310. The summed E-state index contributed by atoms with van der Waals surface area (Å²) in [4.78, 5) is 98.0. The summed E-state index contributed by atoms with van der Waals surface area (Å²) >= 11 is 0. The molecule has 0 bridgehead atoms. The number of nitrogens with zero attached hydrogens (tertiary/aromatic N) is 6. The molecule has 4 aliphatic heterocycles. The molecule has 90 heavy (non-hydrogen) atoms. The molecule has 8 atom stereocenters. The number of aliphatic hydroxyl groups excluding tert-OH is 2. The molecule has 4 fully saturated rings. The highest BCUT2D eigenvalue weighted by molar-refractivity contribution is 5.69. The van der Waals surface area contributed by atoms with Crippen LogP contribution in [0.4, 0.5) is 14.4 Å². The van der Waals surface area contributed by atoms with E-state index in [-0.39, 0.29) is 50.0 Å². The predicted octanol–water partition coefficient (Wildman–Crippen LogP) is 7.49. The van der Waals surface area contributed by atoms with Crippen LogP contribution in [0.1, 0.15) is 165 Å². The minimum Gasteiger partial charge on any atom is -0.444 e. The molecule has 4 saturated heterocycles. The number of aliphatic hydroxyl groups is 2. The minimum atomic E-state index is -0.830. The molecule has 23 heteroatoms. The highest BCUT2D eigenvalue weighted by Crippen LogP contribution is 2.33. The topological polar surface area (TPSA) is 270 Å². The number of hydrogen-bond acceptors (Lipinski definition) is 17. The fourth-order valence-corrected chi connectivity index (χ4v) is 11.3. The molecule has 492 valence electrons. The second kappa shape index (κ2) is 33.5. The number of rotatable bonds is 18. The number of aromatic nitrogens is 4. The molecule has 0 radical (unpaired) electrons. The Hall–Kier alpha value is -7.51. The van der Waals surface area contributed by atoms with Gasteiger partial charge in [-0.1, -0.05) is 50.0 Å². The van der Waals surface area contributed by atoms with Gasteiger partial charge < -0.3 is 48.4 Å². The highest BCUT2D eigenvalue weighted by atomic mass is 16.7. The average molecular weight is 1250 g/mol. The van der Waals surface area contributed by atoms with Crippen molar-refractivity contribution >= 4 is 18.3 Å². The first-order chi connectivity index (χ1) is 42.7. The van der Waals surface area contributed by atoms with E-state index in [0.717, 1.165) is 73.9 Å². The van der Waals surface area contributed by atoms with Crippen molar-refractivity contribution in [1.29, 1.82) is 0 Å². The molecule has 0 spiro atoms. The molecule has 4 aromatic rings. The van der Waals surface area contributed by atoms with E-state index in [4.69, 9.17) is 41.3 Å². The van der Waals surface area contributed by atoms with Crippen LogP contribution in [0.25, 0.3) is 0 Å². The van der Waals surface area contributed by atoms with Crippen molar-refractivity contribution in [3.05, 3.63) is 136 Å². The number of benzene rings is 2. The van der Waals surface area contributed by atoms with Gasteiger partial charge in [-0.05, 0) is 142 Å². The first-order valence-electron chi connectivity index (χ1n) is 31.3. The number of ether oxygens (including phenoxy) is 6. The maximum absolute atomic E-state index is 13.1. The SMILES string of the molecule is C#Cc1ccc(CN(CCO)CC2CCCCN2C(=O)OC(C)(C)C)cc1.C#Cc1ccc(CN(CCOC(=O)OC2C[C@H](n3cc(C)c(=O)[nH]c3=O)O[C@@H]2CC)CC2CCCCN2C(=O)OC(C)(C)C)cc1.CC[C@H]1O[C@@H](n2cc(C)c(=O)[nH]c2=O)CC1O. The average Bonchev–Trinajstić information content (AvgIpc) is 2.55. The van der Waals surface area contributed by atoms with Gasteiger partial charge in [-0.3, -0.25) is 38.5 Å². The quantitative estimate of drug-likeness (QED) is 0.0427. The zero-order valence-electron chi connectivity index (χ0n) is 54.1. The number of carbonyl (C=O) groups excluding carboxylic acids is 3. The first kappa shape index (κ1) is 71.6. The first-order valence-corrected chi connectivity index (χ1v) is 31.3. The van der Waals surface area contributed by atoms with Gasteiger partial charge in [-0.2, -0.15) is 0 Å². The molecule has 4 N–H and O–H groups in total. The van der Waals surface area contributed by atoms with Crippen LogP contribution >= 0.6 is 0 Å². The molecule has 6 heterocycles. The monoisotopic (exact) mass is 1250 g/mol. The Balaban J connectivity index is 0.000000245. The van der Waals surface area contributed by atoms with Gasteiger partial charge in [0.05, 0.1) is 24.9 Å². The summed E-state index contributed by atoms with van der Waals surface area (Å²) in [7, 11) is 0. The van der Waals surface area contributed by atoms with Gasteiger partial charge in [0.25, 0.3) is 11.1 Å². The van der Waals surface area contributed by atoms with Crippen molar-refractivity contribution in [3.63, 3.8) is 0 Å². The van der Waals surface area contributed by atoms with Crippen molar-refractivity contribution in [1.82, 2.24) is 38.7 Å². The number of likely N-dealkylation sites (tertiary alicyclic amines) is 2. The van der Waals surface area contributed by atoms with E-state index in [1.54, 1.807) is 13.8 Å². The number of nitrogens with one attached hydrogen (secondary N) is 2. The molecule has 2 amide bonds. The van der Waals surface area contributed by atoms with Crippen molar-refractivity contribution in [2.45, 2.75) is 207 Å². The third-order valence-electron chi connectivity index (χ3n) is 15.9. The molecule has 4 unspecified atom stereocenters. The largest absolute Gasteiger partial charge is 0.508 e. The summed E-state index contributed by atoms with van der Waals surface area (Å²) in [6.07, 6.45) is 17.1.